The van der Waals surface area contributed by atoms with Gasteiger partial charge < -0.3 is 19.3 Å². The van der Waals surface area contributed by atoms with E-state index in [9.17, 15) is 9.90 Å². The molecule has 0 aliphatic carbocycles. The molecule has 3 aromatic heterocycles. The first-order chi connectivity index (χ1) is 13.9. The fourth-order valence-electron chi connectivity index (χ4n) is 4.07. The molecule has 1 saturated heterocycles. The van der Waals surface area contributed by atoms with Gasteiger partial charge in [-0.25, -0.2) is 19.7 Å². The number of imidazole rings is 1. The average molecular weight is 416 g/mol. The number of aryl methyl sites for hydroxylation is 3. The molecule has 2 atom stereocenters. The van der Waals surface area contributed by atoms with Gasteiger partial charge >= 0.3 is 5.97 Å². The van der Waals surface area contributed by atoms with E-state index < -0.39 is 6.10 Å². The number of esters is 1. The topological polar surface area (TPSA) is 93.4 Å². The second-order valence-electron chi connectivity index (χ2n) is 7.51. The van der Waals surface area contributed by atoms with Crippen molar-refractivity contribution in [1.82, 2.24) is 19.5 Å². The van der Waals surface area contributed by atoms with Crippen molar-refractivity contribution < 1.29 is 14.6 Å². The first-order valence-corrected chi connectivity index (χ1v) is 10.5. The number of carbonyl (C=O) groups is 1. The zero-order chi connectivity index (χ0) is 20.7. The molecule has 0 saturated carbocycles. The molecular formula is C20H25N5O3S. The molecule has 0 amide bonds. The Morgan fingerprint density at radius 2 is 2.17 bits per heavy atom. The summed E-state index contributed by atoms with van der Waals surface area (Å²) in [6.07, 6.45) is 4.79. The van der Waals surface area contributed by atoms with Gasteiger partial charge in [-0.05, 0) is 32.3 Å². The molecule has 154 valence electrons. The third kappa shape index (κ3) is 3.49. The van der Waals surface area contributed by atoms with Crippen LogP contribution in [0.4, 0.5) is 5.82 Å². The lowest BCUT2D eigenvalue weighted by Gasteiger charge is -2.36. The zero-order valence-corrected chi connectivity index (χ0v) is 17.9. The Morgan fingerprint density at radius 1 is 1.38 bits per heavy atom. The molecule has 4 heterocycles. The number of anilines is 1. The number of piperidine rings is 1. The lowest BCUT2D eigenvalue weighted by molar-refractivity contribution is 0.0605. The number of aliphatic hydroxyl groups is 1. The third-order valence-electron chi connectivity index (χ3n) is 5.58. The molecule has 1 aliphatic heterocycles. The van der Waals surface area contributed by atoms with Crippen LogP contribution in [0.1, 0.15) is 45.8 Å². The van der Waals surface area contributed by atoms with Crippen molar-refractivity contribution in [3.05, 3.63) is 34.5 Å². The summed E-state index contributed by atoms with van der Waals surface area (Å²) in [5, 5.41) is 11.8. The van der Waals surface area contributed by atoms with Crippen LogP contribution in [0.5, 0.6) is 0 Å². The molecule has 0 aromatic carbocycles. The lowest BCUT2D eigenvalue weighted by Crippen LogP contribution is -2.39. The number of thiophene rings is 1. The fourth-order valence-corrected chi connectivity index (χ4v) is 5.21. The van der Waals surface area contributed by atoms with E-state index in [0.29, 0.717) is 23.1 Å². The molecule has 0 bridgehead atoms. The van der Waals surface area contributed by atoms with Gasteiger partial charge in [0.2, 0.25) is 0 Å². The highest BCUT2D eigenvalue weighted by Gasteiger charge is 2.31. The predicted molar refractivity (Wildman–Crippen MR) is 111 cm³/mol. The Kier molecular flexibility index (Phi) is 5.26. The van der Waals surface area contributed by atoms with Crippen molar-refractivity contribution in [2.24, 2.45) is 13.0 Å². The maximum absolute atomic E-state index is 12.2. The summed E-state index contributed by atoms with van der Waals surface area (Å²) in [5.74, 6) is 1.87. The number of methoxy groups -OCH3 is 1. The maximum atomic E-state index is 12.2. The van der Waals surface area contributed by atoms with E-state index in [-0.39, 0.29) is 11.9 Å². The van der Waals surface area contributed by atoms with Gasteiger partial charge in [-0.2, -0.15) is 0 Å². The molecular weight excluding hydrogens is 390 g/mol. The number of carbonyl (C=O) groups excluding carboxylic acids is 1. The highest BCUT2D eigenvalue weighted by molar-refractivity contribution is 7.20. The van der Waals surface area contributed by atoms with Crippen LogP contribution in [0.2, 0.25) is 0 Å². The maximum Gasteiger partial charge on any atom is 0.348 e. The van der Waals surface area contributed by atoms with Gasteiger partial charge in [0.15, 0.2) is 0 Å². The lowest BCUT2D eigenvalue weighted by atomic mass is 9.91. The quantitative estimate of drug-likeness (QED) is 0.655. The van der Waals surface area contributed by atoms with E-state index in [1.807, 2.05) is 31.7 Å². The fraction of sp³-hybridized carbons (Fsp3) is 0.500. The molecule has 3 aromatic rings. The van der Waals surface area contributed by atoms with Crippen LogP contribution in [-0.4, -0.2) is 50.8 Å². The summed E-state index contributed by atoms with van der Waals surface area (Å²) < 4.78 is 6.79. The molecule has 1 N–H and O–H groups in total. The first kappa shape index (κ1) is 19.8. The molecule has 1 fully saturated rings. The van der Waals surface area contributed by atoms with E-state index in [1.165, 1.54) is 18.4 Å². The molecule has 0 spiro atoms. The highest BCUT2D eigenvalue weighted by atomic mass is 32.1. The molecule has 0 radical (unpaired) electrons. The van der Waals surface area contributed by atoms with Crippen molar-refractivity contribution in [2.45, 2.75) is 32.8 Å². The van der Waals surface area contributed by atoms with Crippen molar-refractivity contribution in [3.63, 3.8) is 0 Å². The zero-order valence-electron chi connectivity index (χ0n) is 17.0. The van der Waals surface area contributed by atoms with Crippen LogP contribution >= 0.6 is 11.3 Å². The Bertz CT molecular complexity index is 1060. The van der Waals surface area contributed by atoms with Crippen LogP contribution in [0.25, 0.3) is 10.2 Å². The monoisotopic (exact) mass is 415 g/mol. The Hall–Kier alpha value is -2.52. The average Bonchev–Trinajstić information content (AvgIpc) is 3.29. The summed E-state index contributed by atoms with van der Waals surface area (Å²) >= 11 is 1.34. The van der Waals surface area contributed by atoms with Crippen molar-refractivity contribution in [1.29, 1.82) is 0 Å². The van der Waals surface area contributed by atoms with Gasteiger partial charge in [-0.15, -0.1) is 11.3 Å². The highest BCUT2D eigenvalue weighted by Crippen LogP contribution is 2.38. The summed E-state index contributed by atoms with van der Waals surface area (Å²) in [6.45, 7) is 5.29. The van der Waals surface area contributed by atoms with Gasteiger partial charge in [-0.1, -0.05) is 0 Å². The van der Waals surface area contributed by atoms with Crippen LogP contribution in [0.3, 0.4) is 0 Å². The SMILES string of the molecule is COC(=O)c1sc2nc(C)nc(N3CCCC(C(O)c4nccn4C)C3)c2c1C. The van der Waals surface area contributed by atoms with Crippen molar-refractivity contribution in [3.8, 4) is 0 Å². The standard InChI is InChI=1S/C20H25N5O3S/c1-11-14-17(22-12(2)23-19(14)29-16(11)20(27)28-4)25-8-5-6-13(10-25)15(26)18-21-7-9-24(18)3/h7,9,13,15,26H,5-6,8,10H2,1-4H3. The van der Waals surface area contributed by atoms with Crippen LogP contribution in [0, 0.1) is 19.8 Å². The Balaban J connectivity index is 1.71. The summed E-state index contributed by atoms with van der Waals surface area (Å²) in [4.78, 5) is 29.3. The van der Waals surface area contributed by atoms with Gasteiger partial charge in [0.25, 0.3) is 0 Å². The molecule has 4 rings (SSSR count). The Labute approximate surface area is 173 Å². The number of rotatable bonds is 4. The van der Waals surface area contributed by atoms with Gasteiger partial charge in [-0.3, -0.25) is 0 Å². The smallest absolute Gasteiger partial charge is 0.348 e. The Morgan fingerprint density at radius 3 is 2.86 bits per heavy atom. The number of hydrogen-bond donors (Lipinski definition) is 1. The van der Waals surface area contributed by atoms with E-state index in [4.69, 9.17) is 9.72 Å². The molecule has 1 aliphatic rings. The van der Waals surface area contributed by atoms with Gasteiger partial charge in [0.1, 0.15) is 33.3 Å². The molecule has 9 heteroatoms. The number of aliphatic hydroxyl groups excluding tert-OH is 1. The molecule has 8 nitrogen and oxygen atoms in total. The minimum absolute atomic E-state index is 0.0502. The van der Waals surface area contributed by atoms with Crippen molar-refractivity contribution >= 4 is 33.3 Å². The number of fused-ring (bicyclic) bond motifs is 1. The summed E-state index contributed by atoms with van der Waals surface area (Å²) in [5.41, 5.74) is 0.846. The van der Waals surface area contributed by atoms with Crippen molar-refractivity contribution in [2.75, 3.05) is 25.1 Å². The van der Waals surface area contributed by atoms with Crippen LogP contribution < -0.4 is 4.90 Å². The van der Waals surface area contributed by atoms with Crippen LogP contribution in [0.15, 0.2) is 12.4 Å². The number of aromatic nitrogens is 4. The number of hydrogen-bond acceptors (Lipinski definition) is 8. The number of nitrogens with zero attached hydrogens (tertiary/aromatic N) is 5. The predicted octanol–water partition coefficient (Wildman–Crippen LogP) is 2.78. The van der Waals surface area contributed by atoms with Gasteiger partial charge in [0.05, 0.1) is 12.5 Å². The second kappa shape index (κ2) is 7.72. The van der Waals surface area contributed by atoms with E-state index in [2.05, 4.69) is 14.9 Å². The molecule has 29 heavy (non-hydrogen) atoms. The van der Waals surface area contributed by atoms with E-state index in [0.717, 1.165) is 41.0 Å². The third-order valence-corrected chi connectivity index (χ3v) is 6.75. The van der Waals surface area contributed by atoms with Crippen LogP contribution in [-0.2, 0) is 11.8 Å². The number of ether oxygens (including phenoxy) is 1. The second-order valence-corrected chi connectivity index (χ2v) is 8.51. The first-order valence-electron chi connectivity index (χ1n) is 9.67. The minimum atomic E-state index is -0.634. The van der Waals surface area contributed by atoms with E-state index in [1.54, 1.807) is 6.20 Å². The van der Waals surface area contributed by atoms with Gasteiger partial charge in [0, 0.05) is 38.4 Å². The normalized spacial score (nSPS) is 18.2. The summed E-state index contributed by atoms with van der Waals surface area (Å²) in [6, 6.07) is 0. The largest absolute Gasteiger partial charge is 0.465 e. The van der Waals surface area contributed by atoms with E-state index >= 15 is 0 Å². The minimum Gasteiger partial charge on any atom is -0.465 e. The molecule has 2 unspecified atom stereocenters. The summed E-state index contributed by atoms with van der Waals surface area (Å²) in [7, 11) is 3.28.